The SMILES string of the molecule is CCCc1cnc(N2CCC(Oc3nc4ccccc4s3)CC2)nc1. The van der Waals surface area contributed by atoms with Crippen molar-refractivity contribution in [1.82, 2.24) is 15.0 Å². The van der Waals surface area contributed by atoms with E-state index in [9.17, 15) is 0 Å². The Morgan fingerprint density at radius 2 is 1.92 bits per heavy atom. The van der Waals surface area contributed by atoms with Crippen LogP contribution in [0.15, 0.2) is 36.7 Å². The molecule has 25 heavy (non-hydrogen) atoms. The lowest BCUT2D eigenvalue weighted by Crippen LogP contribution is -2.39. The van der Waals surface area contributed by atoms with E-state index in [1.54, 1.807) is 11.3 Å². The van der Waals surface area contributed by atoms with E-state index in [1.165, 1.54) is 10.3 Å². The van der Waals surface area contributed by atoms with Crippen LogP contribution in [0.4, 0.5) is 5.95 Å². The summed E-state index contributed by atoms with van der Waals surface area (Å²) in [5.74, 6) is 0.832. The summed E-state index contributed by atoms with van der Waals surface area (Å²) in [5, 5.41) is 0.778. The number of thiazole rings is 1. The predicted octanol–water partition coefficient (Wildman–Crippen LogP) is 4.09. The van der Waals surface area contributed by atoms with E-state index in [0.717, 1.165) is 55.4 Å². The molecular formula is C19H22N4OS. The molecule has 0 spiro atoms. The average Bonchev–Trinajstić information content (AvgIpc) is 3.06. The van der Waals surface area contributed by atoms with Crippen LogP contribution in [0.1, 0.15) is 31.7 Å². The molecule has 4 rings (SSSR count). The average molecular weight is 354 g/mol. The number of hydrogen-bond acceptors (Lipinski definition) is 6. The Hall–Kier alpha value is -2.21. The fourth-order valence-electron chi connectivity index (χ4n) is 3.15. The van der Waals surface area contributed by atoms with Gasteiger partial charge >= 0.3 is 0 Å². The largest absolute Gasteiger partial charge is 0.467 e. The number of anilines is 1. The molecule has 3 heterocycles. The zero-order chi connectivity index (χ0) is 17.1. The lowest BCUT2D eigenvalue weighted by atomic mass is 10.1. The Morgan fingerprint density at radius 3 is 2.64 bits per heavy atom. The maximum atomic E-state index is 6.12. The number of aromatic nitrogens is 3. The van der Waals surface area contributed by atoms with Gasteiger partial charge in [-0.25, -0.2) is 15.0 Å². The van der Waals surface area contributed by atoms with E-state index in [2.05, 4.69) is 32.8 Å². The van der Waals surface area contributed by atoms with Gasteiger partial charge in [-0.2, -0.15) is 0 Å². The molecule has 1 aliphatic rings. The monoisotopic (exact) mass is 354 g/mol. The minimum atomic E-state index is 0.219. The molecule has 0 saturated carbocycles. The van der Waals surface area contributed by atoms with Crippen LogP contribution in [0.2, 0.25) is 0 Å². The molecule has 5 nitrogen and oxygen atoms in total. The van der Waals surface area contributed by atoms with Gasteiger partial charge in [0.2, 0.25) is 5.95 Å². The van der Waals surface area contributed by atoms with Gasteiger partial charge in [-0.05, 0) is 24.1 Å². The molecule has 2 aromatic heterocycles. The van der Waals surface area contributed by atoms with Crippen molar-refractivity contribution in [3.8, 4) is 5.19 Å². The Bertz CT molecular complexity index is 792. The van der Waals surface area contributed by atoms with Gasteiger partial charge in [-0.3, -0.25) is 0 Å². The topological polar surface area (TPSA) is 51.1 Å². The van der Waals surface area contributed by atoms with Crippen molar-refractivity contribution in [3.63, 3.8) is 0 Å². The first-order chi connectivity index (χ1) is 12.3. The first kappa shape index (κ1) is 16.3. The van der Waals surface area contributed by atoms with Crippen LogP contribution < -0.4 is 9.64 Å². The number of ether oxygens (including phenoxy) is 1. The Labute approximate surface area is 151 Å². The standard InChI is InChI=1S/C19H22N4OS/c1-2-5-14-12-20-18(21-13-14)23-10-8-15(9-11-23)24-19-22-16-6-3-4-7-17(16)25-19/h3-4,6-7,12-13,15H,2,5,8-11H2,1H3. The Kier molecular flexibility index (Phi) is 4.78. The molecule has 0 amide bonds. The van der Waals surface area contributed by atoms with Crippen molar-refractivity contribution in [1.29, 1.82) is 0 Å². The third-order valence-electron chi connectivity index (χ3n) is 4.50. The number of rotatable bonds is 5. The summed E-state index contributed by atoms with van der Waals surface area (Å²) in [6.07, 6.45) is 8.23. The van der Waals surface area contributed by atoms with E-state index in [-0.39, 0.29) is 6.10 Å². The number of para-hydroxylation sites is 1. The molecular weight excluding hydrogens is 332 g/mol. The Balaban J connectivity index is 1.34. The van der Waals surface area contributed by atoms with Crippen molar-refractivity contribution in [2.24, 2.45) is 0 Å². The summed E-state index contributed by atoms with van der Waals surface area (Å²) in [5.41, 5.74) is 2.22. The van der Waals surface area contributed by atoms with Crippen LogP contribution in [0.5, 0.6) is 5.19 Å². The molecule has 1 aromatic carbocycles. The second kappa shape index (κ2) is 7.35. The minimum Gasteiger partial charge on any atom is -0.467 e. The van der Waals surface area contributed by atoms with E-state index in [1.807, 2.05) is 30.6 Å². The number of fused-ring (bicyclic) bond motifs is 1. The van der Waals surface area contributed by atoms with Crippen LogP contribution in [-0.4, -0.2) is 34.1 Å². The summed E-state index contributed by atoms with van der Waals surface area (Å²) >= 11 is 1.62. The predicted molar refractivity (Wildman–Crippen MR) is 102 cm³/mol. The molecule has 3 aromatic rings. The van der Waals surface area contributed by atoms with Crippen LogP contribution in [-0.2, 0) is 6.42 Å². The minimum absolute atomic E-state index is 0.219. The molecule has 0 N–H and O–H groups in total. The van der Waals surface area contributed by atoms with Crippen molar-refractivity contribution in [2.45, 2.75) is 38.7 Å². The zero-order valence-corrected chi connectivity index (χ0v) is 15.2. The summed E-state index contributed by atoms with van der Waals surface area (Å²) in [4.78, 5) is 15.9. The summed E-state index contributed by atoms with van der Waals surface area (Å²) in [6, 6.07) is 8.16. The van der Waals surface area contributed by atoms with Crippen molar-refractivity contribution in [2.75, 3.05) is 18.0 Å². The Morgan fingerprint density at radius 1 is 1.16 bits per heavy atom. The van der Waals surface area contributed by atoms with Crippen LogP contribution in [0.3, 0.4) is 0 Å². The van der Waals surface area contributed by atoms with E-state index < -0.39 is 0 Å². The maximum absolute atomic E-state index is 6.12. The first-order valence-corrected chi connectivity index (χ1v) is 9.71. The number of hydrogen-bond donors (Lipinski definition) is 0. The van der Waals surface area contributed by atoms with Gasteiger partial charge in [-0.15, -0.1) is 0 Å². The number of nitrogens with zero attached hydrogens (tertiary/aromatic N) is 4. The van der Waals surface area contributed by atoms with Gasteiger partial charge in [0, 0.05) is 38.3 Å². The first-order valence-electron chi connectivity index (χ1n) is 8.90. The number of benzene rings is 1. The summed E-state index contributed by atoms with van der Waals surface area (Å²) in [6.45, 7) is 4.01. The van der Waals surface area contributed by atoms with Gasteiger partial charge in [0.05, 0.1) is 10.2 Å². The lowest BCUT2D eigenvalue weighted by molar-refractivity contribution is 0.170. The third kappa shape index (κ3) is 3.74. The maximum Gasteiger partial charge on any atom is 0.274 e. The van der Waals surface area contributed by atoms with Gasteiger partial charge < -0.3 is 9.64 Å². The summed E-state index contributed by atoms with van der Waals surface area (Å²) in [7, 11) is 0. The molecule has 0 atom stereocenters. The molecule has 0 radical (unpaired) electrons. The highest BCUT2D eigenvalue weighted by molar-refractivity contribution is 7.20. The fourth-order valence-corrected chi connectivity index (χ4v) is 4.03. The van der Waals surface area contributed by atoms with Gasteiger partial charge in [0.1, 0.15) is 6.10 Å². The van der Waals surface area contributed by atoms with Crippen LogP contribution in [0.25, 0.3) is 10.2 Å². The van der Waals surface area contributed by atoms with Crippen molar-refractivity contribution < 1.29 is 4.74 Å². The highest BCUT2D eigenvalue weighted by Gasteiger charge is 2.23. The molecule has 0 unspecified atom stereocenters. The third-order valence-corrected chi connectivity index (χ3v) is 5.42. The second-order valence-electron chi connectivity index (χ2n) is 6.39. The molecule has 1 aliphatic heterocycles. The molecule has 6 heteroatoms. The normalized spacial score (nSPS) is 15.6. The number of piperidine rings is 1. The molecule has 0 bridgehead atoms. The second-order valence-corrected chi connectivity index (χ2v) is 7.39. The van der Waals surface area contributed by atoms with E-state index in [0.29, 0.717) is 0 Å². The molecule has 1 saturated heterocycles. The number of aryl methyl sites for hydroxylation is 1. The quantitative estimate of drug-likeness (QED) is 0.691. The van der Waals surface area contributed by atoms with Gasteiger partial charge in [0.25, 0.3) is 5.19 Å². The van der Waals surface area contributed by atoms with E-state index in [4.69, 9.17) is 4.74 Å². The lowest BCUT2D eigenvalue weighted by Gasteiger charge is -2.31. The van der Waals surface area contributed by atoms with E-state index >= 15 is 0 Å². The molecule has 0 aliphatic carbocycles. The highest BCUT2D eigenvalue weighted by atomic mass is 32.1. The fraction of sp³-hybridized carbons (Fsp3) is 0.421. The van der Waals surface area contributed by atoms with Gasteiger partial charge in [0.15, 0.2) is 0 Å². The summed E-state index contributed by atoms with van der Waals surface area (Å²) < 4.78 is 7.29. The zero-order valence-electron chi connectivity index (χ0n) is 14.4. The smallest absolute Gasteiger partial charge is 0.274 e. The molecule has 1 fully saturated rings. The van der Waals surface area contributed by atoms with Crippen LogP contribution in [0, 0.1) is 0 Å². The van der Waals surface area contributed by atoms with Crippen LogP contribution >= 0.6 is 11.3 Å². The van der Waals surface area contributed by atoms with Gasteiger partial charge in [-0.1, -0.05) is 36.8 Å². The van der Waals surface area contributed by atoms with Crippen molar-refractivity contribution in [3.05, 3.63) is 42.2 Å². The molecule has 130 valence electrons. The van der Waals surface area contributed by atoms with Crippen molar-refractivity contribution >= 4 is 27.5 Å². The highest BCUT2D eigenvalue weighted by Crippen LogP contribution is 2.29.